The van der Waals surface area contributed by atoms with E-state index in [0.29, 0.717) is 16.8 Å². The van der Waals surface area contributed by atoms with Crippen molar-refractivity contribution in [3.8, 4) is 0 Å². The van der Waals surface area contributed by atoms with Crippen LogP contribution in [-0.2, 0) is 0 Å². The summed E-state index contributed by atoms with van der Waals surface area (Å²) in [5.74, 6) is -0.368. The van der Waals surface area contributed by atoms with Crippen molar-refractivity contribution in [1.29, 1.82) is 0 Å². The fraction of sp³-hybridized carbons (Fsp3) is 0.0476. The van der Waals surface area contributed by atoms with Gasteiger partial charge in [-0.2, -0.15) is 0 Å². The van der Waals surface area contributed by atoms with E-state index in [1.165, 1.54) is 0 Å². The Morgan fingerprint density at radius 2 is 1.20 bits per heavy atom. The summed E-state index contributed by atoms with van der Waals surface area (Å²) in [6.07, 6.45) is 0. The van der Waals surface area contributed by atoms with Gasteiger partial charge in [0.1, 0.15) is 0 Å². The van der Waals surface area contributed by atoms with Gasteiger partial charge in [0.05, 0.1) is 0 Å². The molecule has 4 nitrogen and oxygen atoms in total. The fourth-order valence-corrected chi connectivity index (χ4v) is 2.41. The average Bonchev–Trinajstić information content (AvgIpc) is 2.65. The van der Waals surface area contributed by atoms with Gasteiger partial charge in [-0.1, -0.05) is 36.4 Å². The first-order chi connectivity index (χ1) is 12.1. The molecule has 0 aliphatic heterocycles. The number of amides is 2. The number of anilines is 2. The van der Waals surface area contributed by atoms with Crippen LogP contribution in [0.1, 0.15) is 26.3 Å². The smallest absolute Gasteiger partial charge is 0.255 e. The minimum absolute atomic E-state index is 0.183. The molecule has 4 heteroatoms. The molecule has 2 amide bonds. The van der Waals surface area contributed by atoms with Crippen molar-refractivity contribution >= 4 is 23.2 Å². The van der Waals surface area contributed by atoms with E-state index in [-0.39, 0.29) is 11.8 Å². The van der Waals surface area contributed by atoms with Gasteiger partial charge < -0.3 is 10.6 Å². The van der Waals surface area contributed by atoms with Crippen LogP contribution in [0.2, 0.25) is 0 Å². The molecule has 0 aliphatic rings. The predicted octanol–water partition coefficient (Wildman–Crippen LogP) is 4.50. The van der Waals surface area contributed by atoms with Gasteiger partial charge in [-0.15, -0.1) is 0 Å². The number of aryl methyl sites for hydroxylation is 1. The maximum atomic E-state index is 12.3. The predicted molar refractivity (Wildman–Crippen MR) is 100.0 cm³/mol. The Hall–Kier alpha value is -3.40. The first kappa shape index (κ1) is 16.5. The number of benzene rings is 3. The molecule has 3 aromatic rings. The highest BCUT2D eigenvalue weighted by atomic mass is 16.2. The molecule has 0 aromatic heterocycles. The maximum absolute atomic E-state index is 12.3. The van der Waals surface area contributed by atoms with Crippen LogP contribution in [0.3, 0.4) is 0 Å². The molecule has 25 heavy (non-hydrogen) atoms. The van der Waals surface area contributed by atoms with Crippen LogP contribution in [0, 0.1) is 6.92 Å². The zero-order valence-electron chi connectivity index (χ0n) is 13.8. The number of nitrogens with one attached hydrogen (secondary N) is 2. The third-order valence-electron chi connectivity index (χ3n) is 3.83. The molecule has 3 aromatic carbocycles. The molecule has 0 atom stereocenters. The number of carbonyl (C=O) groups excluding carboxylic acids is 2. The lowest BCUT2D eigenvalue weighted by Crippen LogP contribution is -2.14. The topological polar surface area (TPSA) is 58.2 Å². The summed E-state index contributed by atoms with van der Waals surface area (Å²) in [5.41, 5.74) is 3.54. The average molecular weight is 330 g/mol. The van der Waals surface area contributed by atoms with Gasteiger partial charge in [0.15, 0.2) is 0 Å². The number of hydrogen-bond acceptors (Lipinski definition) is 2. The highest BCUT2D eigenvalue weighted by molar-refractivity contribution is 6.06. The van der Waals surface area contributed by atoms with Gasteiger partial charge in [-0.25, -0.2) is 0 Å². The Bertz CT molecular complexity index is 887. The Morgan fingerprint density at radius 1 is 0.640 bits per heavy atom. The zero-order valence-corrected chi connectivity index (χ0v) is 13.8. The van der Waals surface area contributed by atoms with E-state index < -0.39 is 0 Å². The molecule has 0 aliphatic carbocycles. The van der Waals surface area contributed by atoms with E-state index in [4.69, 9.17) is 0 Å². The molecular formula is C21H18N2O2. The number of rotatable bonds is 4. The van der Waals surface area contributed by atoms with Crippen molar-refractivity contribution in [2.45, 2.75) is 6.92 Å². The van der Waals surface area contributed by atoms with Gasteiger partial charge in [-0.05, 0) is 55.0 Å². The summed E-state index contributed by atoms with van der Waals surface area (Å²) in [5, 5.41) is 5.70. The monoisotopic (exact) mass is 330 g/mol. The molecule has 0 radical (unpaired) electrons. The van der Waals surface area contributed by atoms with Crippen LogP contribution in [0.15, 0.2) is 78.9 Å². The number of hydrogen-bond donors (Lipinski definition) is 2. The van der Waals surface area contributed by atoms with Gasteiger partial charge in [0.25, 0.3) is 11.8 Å². The minimum Gasteiger partial charge on any atom is -0.322 e. The molecule has 0 bridgehead atoms. The quantitative estimate of drug-likeness (QED) is 0.740. The molecule has 0 saturated heterocycles. The largest absolute Gasteiger partial charge is 0.322 e. The van der Waals surface area contributed by atoms with Crippen LogP contribution >= 0.6 is 0 Å². The summed E-state index contributed by atoms with van der Waals surface area (Å²) < 4.78 is 0. The Morgan fingerprint density at radius 3 is 1.88 bits per heavy atom. The number of para-hydroxylation sites is 1. The Kier molecular flexibility index (Phi) is 4.90. The SMILES string of the molecule is Cc1ccccc1NC(=O)c1ccc(NC(=O)c2ccccc2)cc1. The van der Waals surface area contributed by atoms with Crippen molar-refractivity contribution in [3.05, 3.63) is 95.6 Å². The third-order valence-corrected chi connectivity index (χ3v) is 3.83. The van der Waals surface area contributed by atoms with Crippen LogP contribution in [0.5, 0.6) is 0 Å². The molecule has 3 rings (SSSR count). The standard InChI is InChI=1S/C21H18N2O2/c1-15-7-5-6-10-19(15)23-21(25)17-11-13-18(14-12-17)22-20(24)16-8-3-2-4-9-16/h2-14H,1H3,(H,22,24)(H,23,25). The number of carbonyl (C=O) groups is 2. The molecule has 0 heterocycles. The van der Waals surface area contributed by atoms with Crippen LogP contribution in [0.25, 0.3) is 0 Å². The van der Waals surface area contributed by atoms with E-state index in [1.807, 2.05) is 49.4 Å². The Balaban J connectivity index is 1.67. The molecule has 0 unspecified atom stereocenters. The summed E-state index contributed by atoms with van der Waals surface area (Å²) in [6, 6.07) is 23.4. The normalized spacial score (nSPS) is 10.1. The van der Waals surface area contributed by atoms with E-state index >= 15 is 0 Å². The van der Waals surface area contributed by atoms with Gasteiger partial charge in [-0.3, -0.25) is 9.59 Å². The fourth-order valence-electron chi connectivity index (χ4n) is 2.41. The van der Waals surface area contributed by atoms with Crippen molar-refractivity contribution in [1.82, 2.24) is 0 Å². The summed E-state index contributed by atoms with van der Waals surface area (Å²) in [7, 11) is 0. The van der Waals surface area contributed by atoms with Crippen molar-refractivity contribution in [3.63, 3.8) is 0 Å². The van der Waals surface area contributed by atoms with E-state index in [1.54, 1.807) is 36.4 Å². The van der Waals surface area contributed by atoms with Crippen molar-refractivity contribution < 1.29 is 9.59 Å². The van der Waals surface area contributed by atoms with Crippen LogP contribution in [-0.4, -0.2) is 11.8 Å². The molecular weight excluding hydrogens is 312 g/mol. The summed E-state index contributed by atoms with van der Waals surface area (Å²) >= 11 is 0. The molecule has 0 fully saturated rings. The highest BCUT2D eigenvalue weighted by Crippen LogP contribution is 2.16. The van der Waals surface area contributed by atoms with Crippen LogP contribution in [0.4, 0.5) is 11.4 Å². The second-order valence-corrected chi connectivity index (χ2v) is 5.67. The lowest BCUT2D eigenvalue weighted by atomic mass is 10.1. The lowest BCUT2D eigenvalue weighted by molar-refractivity contribution is 0.102. The van der Waals surface area contributed by atoms with Crippen molar-refractivity contribution in [2.75, 3.05) is 10.6 Å². The first-order valence-electron chi connectivity index (χ1n) is 7.97. The maximum Gasteiger partial charge on any atom is 0.255 e. The van der Waals surface area contributed by atoms with Gasteiger partial charge >= 0.3 is 0 Å². The Labute approximate surface area is 146 Å². The van der Waals surface area contributed by atoms with Gasteiger partial charge in [0.2, 0.25) is 0 Å². The van der Waals surface area contributed by atoms with E-state index in [2.05, 4.69) is 10.6 Å². The second-order valence-electron chi connectivity index (χ2n) is 5.67. The first-order valence-corrected chi connectivity index (χ1v) is 7.97. The van der Waals surface area contributed by atoms with Gasteiger partial charge in [0, 0.05) is 22.5 Å². The second kappa shape index (κ2) is 7.45. The lowest BCUT2D eigenvalue weighted by Gasteiger charge is -2.09. The minimum atomic E-state index is -0.185. The molecule has 0 saturated carbocycles. The molecule has 2 N–H and O–H groups in total. The van der Waals surface area contributed by atoms with E-state index in [0.717, 1.165) is 11.3 Å². The van der Waals surface area contributed by atoms with Crippen LogP contribution < -0.4 is 10.6 Å². The molecule has 124 valence electrons. The highest BCUT2D eigenvalue weighted by Gasteiger charge is 2.09. The molecule has 0 spiro atoms. The van der Waals surface area contributed by atoms with Crippen molar-refractivity contribution in [2.24, 2.45) is 0 Å². The summed E-state index contributed by atoms with van der Waals surface area (Å²) in [4.78, 5) is 24.4. The van der Waals surface area contributed by atoms with E-state index in [9.17, 15) is 9.59 Å². The third kappa shape index (κ3) is 4.12. The summed E-state index contributed by atoms with van der Waals surface area (Å²) in [6.45, 7) is 1.94. The zero-order chi connectivity index (χ0) is 17.6.